The lowest BCUT2D eigenvalue weighted by Crippen LogP contribution is -2.51. The van der Waals surface area contributed by atoms with Crippen LogP contribution >= 0.6 is 0 Å². The Morgan fingerprint density at radius 2 is 1.54 bits per heavy atom. The second kappa shape index (κ2) is 7.53. The molecule has 4 amide bonds. The predicted octanol–water partition coefficient (Wildman–Crippen LogP) is 1.21. The van der Waals surface area contributed by atoms with Crippen molar-refractivity contribution in [3.05, 3.63) is 59.7 Å². The summed E-state index contributed by atoms with van der Waals surface area (Å²) in [6.45, 7) is 0. The molecule has 0 spiro atoms. The van der Waals surface area contributed by atoms with Crippen molar-refractivity contribution in [3.8, 4) is 11.5 Å². The first kappa shape index (κ1) is 19.1. The zero-order valence-corrected chi connectivity index (χ0v) is 15.3. The number of rotatable bonds is 5. The van der Waals surface area contributed by atoms with Gasteiger partial charge in [-0.15, -0.1) is 0 Å². The molecule has 1 saturated heterocycles. The first-order chi connectivity index (χ1) is 13.3. The highest BCUT2D eigenvalue weighted by atomic mass is 32.2. The van der Waals surface area contributed by atoms with Gasteiger partial charge in [0.15, 0.2) is 11.5 Å². The molecule has 0 saturated carbocycles. The van der Waals surface area contributed by atoms with E-state index in [0.717, 1.165) is 0 Å². The fourth-order valence-electron chi connectivity index (χ4n) is 2.37. The zero-order valence-electron chi connectivity index (χ0n) is 14.5. The average molecular weight is 402 g/mol. The zero-order chi connectivity index (χ0) is 20.3. The molecule has 2 aromatic rings. The predicted molar refractivity (Wildman–Crippen MR) is 96.9 cm³/mol. The minimum absolute atomic E-state index is 0.0506. The molecule has 1 aliphatic rings. The van der Waals surface area contributed by atoms with Crippen molar-refractivity contribution in [3.63, 3.8) is 0 Å². The Morgan fingerprint density at radius 1 is 0.893 bits per heavy atom. The number of ether oxygens (including phenoxy) is 1. The average Bonchev–Trinajstić information content (AvgIpc) is 2.65. The van der Waals surface area contributed by atoms with Gasteiger partial charge in [-0.05, 0) is 35.9 Å². The highest BCUT2D eigenvalue weighted by Gasteiger charge is 2.28. The van der Waals surface area contributed by atoms with Gasteiger partial charge in [-0.25, -0.2) is 4.79 Å². The standard InChI is InChI=1S/C18H14N2O7S/c1-26-14-8-7-11(9-13-16(21)19-18(23)20-17(13)22)10-15(14)27-28(24,25)12-5-3-2-4-6-12/h2-10H,1H3,(H2,19,20,21,22,23). The number of nitrogens with one attached hydrogen (secondary N) is 2. The first-order valence-electron chi connectivity index (χ1n) is 7.86. The number of amides is 4. The van der Waals surface area contributed by atoms with Crippen LogP contribution < -0.4 is 19.6 Å². The van der Waals surface area contributed by atoms with Crippen molar-refractivity contribution in [2.75, 3.05) is 7.11 Å². The van der Waals surface area contributed by atoms with Gasteiger partial charge in [-0.2, -0.15) is 8.42 Å². The van der Waals surface area contributed by atoms with E-state index in [1.807, 2.05) is 10.6 Å². The van der Waals surface area contributed by atoms with Crippen molar-refractivity contribution in [2.45, 2.75) is 4.90 Å². The Hall–Kier alpha value is -3.66. The van der Waals surface area contributed by atoms with Crippen molar-refractivity contribution < 1.29 is 31.7 Å². The molecule has 10 heteroatoms. The Morgan fingerprint density at radius 3 is 2.14 bits per heavy atom. The Kier molecular flexibility index (Phi) is 5.14. The van der Waals surface area contributed by atoms with Gasteiger partial charge in [0, 0.05) is 0 Å². The number of imide groups is 2. The van der Waals surface area contributed by atoms with E-state index < -0.39 is 28.0 Å². The SMILES string of the molecule is COc1ccc(C=C2C(=O)NC(=O)NC2=O)cc1OS(=O)(=O)c1ccccc1. The van der Waals surface area contributed by atoms with E-state index >= 15 is 0 Å². The number of carbonyl (C=O) groups is 3. The summed E-state index contributed by atoms with van der Waals surface area (Å²) >= 11 is 0. The third-order valence-corrected chi connectivity index (χ3v) is 4.92. The molecular weight excluding hydrogens is 388 g/mol. The number of methoxy groups -OCH3 is 1. The summed E-state index contributed by atoms with van der Waals surface area (Å²) in [5.41, 5.74) is -0.0321. The Bertz CT molecular complexity index is 1070. The molecule has 1 fully saturated rings. The summed E-state index contributed by atoms with van der Waals surface area (Å²) < 4.78 is 35.2. The van der Waals surface area contributed by atoms with Gasteiger partial charge in [-0.1, -0.05) is 24.3 Å². The molecule has 0 aromatic heterocycles. The summed E-state index contributed by atoms with van der Waals surface area (Å²) in [5, 5.41) is 3.89. The summed E-state index contributed by atoms with van der Waals surface area (Å²) in [7, 11) is -2.79. The molecule has 1 aliphatic heterocycles. The van der Waals surface area contributed by atoms with Crippen molar-refractivity contribution in [2.24, 2.45) is 0 Å². The molecule has 144 valence electrons. The van der Waals surface area contributed by atoms with Gasteiger partial charge in [0.05, 0.1) is 7.11 Å². The molecule has 3 rings (SSSR count). The van der Waals surface area contributed by atoms with Gasteiger partial charge in [0.1, 0.15) is 10.5 Å². The van der Waals surface area contributed by atoms with Crippen molar-refractivity contribution in [1.82, 2.24) is 10.6 Å². The van der Waals surface area contributed by atoms with E-state index in [1.54, 1.807) is 18.2 Å². The first-order valence-corrected chi connectivity index (χ1v) is 9.27. The van der Waals surface area contributed by atoms with Crippen LogP contribution in [0.1, 0.15) is 5.56 Å². The summed E-state index contributed by atoms with van der Waals surface area (Å²) in [4.78, 5) is 34.7. The minimum atomic E-state index is -4.13. The highest BCUT2D eigenvalue weighted by Crippen LogP contribution is 2.31. The van der Waals surface area contributed by atoms with Crippen molar-refractivity contribution in [1.29, 1.82) is 0 Å². The number of carbonyl (C=O) groups excluding carboxylic acids is 3. The van der Waals surface area contributed by atoms with E-state index in [9.17, 15) is 22.8 Å². The molecule has 9 nitrogen and oxygen atoms in total. The van der Waals surface area contributed by atoms with Crippen LogP contribution in [0.3, 0.4) is 0 Å². The van der Waals surface area contributed by atoms with Crippen LogP contribution in [0.4, 0.5) is 4.79 Å². The number of barbiturate groups is 1. The van der Waals surface area contributed by atoms with E-state index in [1.165, 1.54) is 43.5 Å². The smallest absolute Gasteiger partial charge is 0.339 e. The Balaban J connectivity index is 1.97. The fraction of sp³-hybridized carbons (Fsp3) is 0.0556. The largest absolute Gasteiger partial charge is 0.493 e. The minimum Gasteiger partial charge on any atom is -0.493 e. The van der Waals surface area contributed by atoms with Crippen molar-refractivity contribution >= 4 is 34.0 Å². The number of benzene rings is 2. The molecule has 0 radical (unpaired) electrons. The molecule has 0 bridgehead atoms. The van der Waals surface area contributed by atoms with Crippen LogP contribution in [0.2, 0.25) is 0 Å². The van der Waals surface area contributed by atoms with Crippen LogP contribution in [0.25, 0.3) is 6.08 Å². The van der Waals surface area contributed by atoms with E-state index in [0.29, 0.717) is 0 Å². The molecule has 1 heterocycles. The topological polar surface area (TPSA) is 128 Å². The van der Waals surface area contributed by atoms with E-state index in [2.05, 4.69) is 0 Å². The van der Waals surface area contributed by atoms with Gasteiger partial charge in [-0.3, -0.25) is 20.2 Å². The molecule has 0 unspecified atom stereocenters. The fourth-order valence-corrected chi connectivity index (χ4v) is 3.33. The Labute approximate surface area is 160 Å². The molecule has 0 aliphatic carbocycles. The van der Waals surface area contributed by atoms with E-state index in [4.69, 9.17) is 8.92 Å². The molecule has 2 aromatic carbocycles. The quantitative estimate of drug-likeness (QED) is 0.437. The lowest BCUT2D eigenvalue weighted by Gasteiger charge is -2.14. The normalized spacial score (nSPS) is 14.2. The molecule has 28 heavy (non-hydrogen) atoms. The molecule has 2 N–H and O–H groups in total. The van der Waals surface area contributed by atoms with Crippen LogP contribution in [0.5, 0.6) is 11.5 Å². The second-order valence-electron chi connectivity index (χ2n) is 5.56. The van der Waals surface area contributed by atoms with Gasteiger partial charge >= 0.3 is 16.1 Å². The number of urea groups is 1. The lowest BCUT2D eigenvalue weighted by molar-refractivity contribution is -0.123. The van der Waals surface area contributed by atoms with E-state index in [-0.39, 0.29) is 27.5 Å². The van der Waals surface area contributed by atoms with Crippen LogP contribution in [-0.4, -0.2) is 33.4 Å². The monoisotopic (exact) mass is 402 g/mol. The van der Waals surface area contributed by atoms with Crippen LogP contribution in [0.15, 0.2) is 59.0 Å². The summed E-state index contributed by atoms with van der Waals surface area (Å²) in [5.74, 6) is -1.74. The third kappa shape index (κ3) is 4.01. The van der Waals surface area contributed by atoms with Crippen LogP contribution in [0, 0.1) is 0 Å². The second-order valence-corrected chi connectivity index (χ2v) is 7.10. The lowest BCUT2D eigenvalue weighted by atomic mass is 10.1. The number of hydrogen-bond donors (Lipinski definition) is 2. The van der Waals surface area contributed by atoms with Gasteiger partial charge in [0.2, 0.25) is 0 Å². The molecule has 0 atom stereocenters. The van der Waals surface area contributed by atoms with Gasteiger partial charge in [0.25, 0.3) is 11.8 Å². The van der Waals surface area contributed by atoms with Crippen LogP contribution in [-0.2, 0) is 19.7 Å². The number of hydrogen-bond acceptors (Lipinski definition) is 7. The van der Waals surface area contributed by atoms with Gasteiger partial charge < -0.3 is 8.92 Å². The maximum absolute atomic E-state index is 12.5. The maximum Gasteiger partial charge on any atom is 0.339 e. The summed E-state index contributed by atoms with van der Waals surface area (Å²) in [6.07, 6.45) is 1.19. The maximum atomic E-state index is 12.5. The highest BCUT2D eigenvalue weighted by molar-refractivity contribution is 7.87. The third-order valence-electron chi connectivity index (χ3n) is 3.67. The molecular formula is C18H14N2O7S. The summed E-state index contributed by atoms with van der Waals surface area (Å²) in [6, 6.07) is 10.8.